The van der Waals surface area contributed by atoms with E-state index in [4.69, 9.17) is 9.47 Å². The molecule has 4 aromatic carbocycles. The molecule has 1 amide bonds. The SMILES string of the molecule is COc1ccc(S(=O)(=O)N(Cc2ccccc2)c2ccccc2C(=O)Nc2ccc(N3CCOCC3)cc2)cc1. The van der Waals surface area contributed by atoms with Crippen LogP contribution in [0.1, 0.15) is 15.9 Å². The summed E-state index contributed by atoms with van der Waals surface area (Å²) in [6.45, 7) is 3.06. The molecule has 1 heterocycles. The molecule has 1 fully saturated rings. The van der Waals surface area contributed by atoms with Gasteiger partial charge in [-0.15, -0.1) is 0 Å². The second kappa shape index (κ2) is 12.2. The van der Waals surface area contributed by atoms with E-state index in [2.05, 4.69) is 10.2 Å². The summed E-state index contributed by atoms with van der Waals surface area (Å²) in [5, 5.41) is 2.93. The minimum absolute atomic E-state index is 0.0493. The predicted molar refractivity (Wildman–Crippen MR) is 157 cm³/mol. The normalized spacial score (nSPS) is 13.5. The number of sulfonamides is 1. The largest absolute Gasteiger partial charge is 0.497 e. The summed E-state index contributed by atoms with van der Waals surface area (Å²) in [4.78, 5) is 15.9. The molecule has 4 aromatic rings. The molecule has 8 nitrogen and oxygen atoms in total. The highest BCUT2D eigenvalue weighted by Gasteiger charge is 2.29. The molecule has 1 aliphatic heterocycles. The molecule has 0 unspecified atom stereocenters. The number of hydrogen-bond donors (Lipinski definition) is 1. The lowest BCUT2D eigenvalue weighted by molar-refractivity contribution is 0.102. The Hall–Kier alpha value is -4.34. The number of carbonyl (C=O) groups is 1. The van der Waals surface area contributed by atoms with Crippen LogP contribution >= 0.6 is 0 Å². The number of hydrogen-bond acceptors (Lipinski definition) is 6. The lowest BCUT2D eigenvalue weighted by atomic mass is 10.1. The smallest absolute Gasteiger partial charge is 0.264 e. The van der Waals surface area contributed by atoms with Crippen LogP contribution in [0.3, 0.4) is 0 Å². The summed E-state index contributed by atoms with van der Waals surface area (Å²) in [5.41, 5.74) is 2.98. The quantitative estimate of drug-likeness (QED) is 0.305. The molecule has 5 rings (SSSR count). The highest BCUT2D eigenvalue weighted by Crippen LogP contribution is 2.31. The molecule has 0 atom stereocenters. The number of amides is 1. The van der Waals surface area contributed by atoms with E-state index in [0.717, 1.165) is 24.3 Å². The topological polar surface area (TPSA) is 88.2 Å². The third-order valence-electron chi connectivity index (χ3n) is 6.74. The van der Waals surface area contributed by atoms with E-state index in [1.807, 2.05) is 54.6 Å². The summed E-state index contributed by atoms with van der Waals surface area (Å²) >= 11 is 0. The molecule has 1 saturated heterocycles. The first-order valence-corrected chi connectivity index (χ1v) is 14.4. The summed E-state index contributed by atoms with van der Waals surface area (Å²) in [6, 6.07) is 29.9. The Labute approximate surface area is 234 Å². The van der Waals surface area contributed by atoms with Gasteiger partial charge in [0.1, 0.15) is 5.75 Å². The number of carbonyl (C=O) groups excluding carboxylic acids is 1. The Bertz CT molecular complexity index is 1540. The molecule has 0 aromatic heterocycles. The van der Waals surface area contributed by atoms with Gasteiger partial charge in [0.2, 0.25) is 0 Å². The Kier molecular flexibility index (Phi) is 8.33. The molecular formula is C31H31N3O5S. The standard InChI is InChI=1S/C31H31N3O5S/c1-38-27-15-17-28(18-16-27)40(36,37)34(23-24-7-3-2-4-8-24)30-10-6-5-9-29(30)31(35)32-25-11-13-26(14-12-25)33-19-21-39-22-20-33/h2-18H,19-23H2,1H3,(H,32,35). The summed E-state index contributed by atoms with van der Waals surface area (Å²) in [5.74, 6) is 0.144. The van der Waals surface area contributed by atoms with Crippen molar-refractivity contribution >= 4 is 33.0 Å². The Morgan fingerprint density at radius 2 is 1.52 bits per heavy atom. The van der Waals surface area contributed by atoms with Gasteiger partial charge in [0, 0.05) is 24.5 Å². The third kappa shape index (κ3) is 6.11. The van der Waals surface area contributed by atoms with Crippen molar-refractivity contribution in [2.45, 2.75) is 11.4 Å². The van der Waals surface area contributed by atoms with Crippen molar-refractivity contribution in [3.05, 3.63) is 114 Å². The van der Waals surface area contributed by atoms with E-state index < -0.39 is 15.9 Å². The number of methoxy groups -OCH3 is 1. The summed E-state index contributed by atoms with van der Waals surface area (Å²) < 4.78 is 39.9. The van der Waals surface area contributed by atoms with Crippen LogP contribution in [0.2, 0.25) is 0 Å². The maximum atomic E-state index is 14.0. The molecule has 0 bridgehead atoms. The zero-order valence-corrected chi connectivity index (χ0v) is 23.0. The molecule has 1 N–H and O–H groups in total. The van der Waals surface area contributed by atoms with Crippen molar-refractivity contribution in [1.29, 1.82) is 0 Å². The van der Waals surface area contributed by atoms with Gasteiger partial charge in [-0.25, -0.2) is 8.42 Å². The number of anilines is 3. The van der Waals surface area contributed by atoms with E-state index in [1.54, 1.807) is 36.4 Å². The number of nitrogens with one attached hydrogen (secondary N) is 1. The molecular weight excluding hydrogens is 526 g/mol. The monoisotopic (exact) mass is 557 g/mol. The fourth-order valence-corrected chi connectivity index (χ4v) is 6.05. The van der Waals surface area contributed by atoms with Gasteiger partial charge in [0.15, 0.2) is 0 Å². The van der Waals surface area contributed by atoms with Crippen molar-refractivity contribution < 1.29 is 22.7 Å². The second-order valence-corrected chi connectivity index (χ2v) is 11.2. The molecule has 9 heteroatoms. The molecule has 0 aliphatic carbocycles. The summed E-state index contributed by atoms with van der Waals surface area (Å²) in [7, 11) is -2.52. The van der Waals surface area contributed by atoms with Gasteiger partial charge in [-0.2, -0.15) is 0 Å². The van der Waals surface area contributed by atoms with Crippen molar-refractivity contribution in [2.75, 3.05) is 47.9 Å². The number of benzene rings is 4. The first-order chi connectivity index (χ1) is 19.5. The van der Waals surface area contributed by atoms with Crippen LogP contribution in [0.25, 0.3) is 0 Å². The Balaban J connectivity index is 1.46. The minimum atomic E-state index is -4.04. The van der Waals surface area contributed by atoms with Gasteiger partial charge in [-0.1, -0.05) is 42.5 Å². The van der Waals surface area contributed by atoms with Crippen LogP contribution < -0.4 is 19.3 Å². The third-order valence-corrected chi connectivity index (χ3v) is 8.51. The van der Waals surface area contributed by atoms with Crippen LogP contribution in [-0.2, 0) is 21.3 Å². The minimum Gasteiger partial charge on any atom is -0.497 e. The van der Waals surface area contributed by atoms with Crippen molar-refractivity contribution in [1.82, 2.24) is 0 Å². The second-order valence-electron chi connectivity index (χ2n) is 9.29. The van der Waals surface area contributed by atoms with E-state index >= 15 is 0 Å². The van der Waals surface area contributed by atoms with Crippen LogP contribution in [0.5, 0.6) is 5.75 Å². The van der Waals surface area contributed by atoms with Crippen molar-refractivity contribution in [3.8, 4) is 5.75 Å². The van der Waals surface area contributed by atoms with Crippen LogP contribution in [0, 0.1) is 0 Å². The highest BCUT2D eigenvalue weighted by molar-refractivity contribution is 7.92. The number of rotatable bonds is 9. The maximum Gasteiger partial charge on any atom is 0.264 e. The number of ether oxygens (including phenoxy) is 2. The van der Waals surface area contributed by atoms with Crippen LogP contribution in [-0.4, -0.2) is 47.7 Å². The first-order valence-electron chi connectivity index (χ1n) is 13.0. The Morgan fingerprint density at radius 1 is 0.875 bits per heavy atom. The van der Waals surface area contributed by atoms with Crippen LogP contribution in [0.15, 0.2) is 108 Å². The van der Waals surface area contributed by atoms with Gasteiger partial charge in [0.05, 0.1) is 43.0 Å². The number of morpholine rings is 1. The number of para-hydroxylation sites is 1. The first kappa shape index (κ1) is 27.2. The zero-order valence-electron chi connectivity index (χ0n) is 22.2. The Morgan fingerprint density at radius 3 is 2.20 bits per heavy atom. The fraction of sp³-hybridized carbons (Fsp3) is 0.194. The number of nitrogens with zero attached hydrogens (tertiary/aromatic N) is 2. The van der Waals surface area contributed by atoms with E-state index in [9.17, 15) is 13.2 Å². The molecule has 0 saturated carbocycles. The highest BCUT2D eigenvalue weighted by atomic mass is 32.2. The van der Waals surface area contributed by atoms with Gasteiger partial charge < -0.3 is 19.7 Å². The zero-order chi connectivity index (χ0) is 28.0. The van der Waals surface area contributed by atoms with E-state index in [1.165, 1.54) is 23.5 Å². The van der Waals surface area contributed by atoms with Crippen molar-refractivity contribution in [2.24, 2.45) is 0 Å². The molecule has 1 aliphatic rings. The predicted octanol–water partition coefficient (Wildman–Crippen LogP) is 5.18. The lowest BCUT2D eigenvalue weighted by Crippen LogP contribution is -2.36. The molecule has 206 valence electrons. The average molecular weight is 558 g/mol. The van der Waals surface area contributed by atoms with Gasteiger partial charge in [-0.05, 0) is 66.2 Å². The van der Waals surface area contributed by atoms with Gasteiger partial charge in [0.25, 0.3) is 15.9 Å². The van der Waals surface area contributed by atoms with Crippen LogP contribution in [0.4, 0.5) is 17.1 Å². The lowest BCUT2D eigenvalue weighted by Gasteiger charge is -2.29. The maximum absolute atomic E-state index is 14.0. The fourth-order valence-electron chi connectivity index (χ4n) is 4.58. The molecule has 40 heavy (non-hydrogen) atoms. The molecule has 0 spiro atoms. The van der Waals surface area contributed by atoms with E-state index in [-0.39, 0.29) is 22.7 Å². The van der Waals surface area contributed by atoms with E-state index in [0.29, 0.717) is 24.7 Å². The summed E-state index contributed by atoms with van der Waals surface area (Å²) in [6.07, 6.45) is 0. The molecule has 0 radical (unpaired) electrons. The van der Waals surface area contributed by atoms with Gasteiger partial charge >= 0.3 is 0 Å². The van der Waals surface area contributed by atoms with Gasteiger partial charge in [-0.3, -0.25) is 9.10 Å². The average Bonchev–Trinajstić information content (AvgIpc) is 3.01. The van der Waals surface area contributed by atoms with Crippen molar-refractivity contribution in [3.63, 3.8) is 0 Å².